The van der Waals surface area contributed by atoms with Crippen molar-refractivity contribution in [3.63, 3.8) is 0 Å². The Kier molecular flexibility index (Phi) is 3.50. The van der Waals surface area contributed by atoms with Gasteiger partial charge in [0.2, 0.25) is 0 Å². The molecule has 3 rings (SSSR count). The molecule has 1 saturated carbocycles. The van der Waals surface area contributed by atoms with E-state index in [1.807, 2.05) is 0 Å². The molecule has 1 fully saturated rings. The van der Waals surface area contributed by atoms with Crippen molar-refractivity contribution < 1.29 is 0 Å². The van der Waals surface area contributed by atoms with Gasteiger partial charge in [-0.25, -0.2) is 4.98 Å². The molecule has 0 amide bonds. The molecule has 0 radical (unpaired) electrons. The first-order chi connectivity index (χ1) is 9.20. The summed E-state index contributed by atoms with van der Waals surface area (Å²) in [6.07, 6.45) is 3.49. The zero-order valence-corrected chi connectivity index (χ0v) is 12.7. The summed E-state index contributed by atoms with van der Waals surface area (Å²) >= 11 is 1.71. The number of rotatable bonds is 6. The molecule has 2 unspecified atom stereocenters. The third-order valence-corrected chi connectivity index (χ3v) is 4.79. The Morgan fingerprint density at radius 2 is 2.37 bits per heavy atom. The molecule has 2 aromatic heterocycles. The summed E-state index contributed by atoms with van der Waals surface area (Å²) in [6, 6.07) is 0. The number of hydrogen-bond donors (Lipinski definition) is 1. The fraction of sp³-hybridized carbons (Fsp3) is 0.643. The zero-order valence-electron chi connectivity index (χ0n) is 11.9. The minimum Gasteiger partial charge on any atom is -0.358 e. The van der Waals surface area contributed by atoms with Gasteiger partial charge in [0, 0.05) is 31.7 Å². The fourth-order valence-corrected chi connectivity index (χ4v) is 3.35. The summed E-state index contributed by atoms with van der Waals surface area (Å²) < 4.78 is 2.22. The lowest BCUT2D eigenvalue weighted by Crippen LogP contribution is -2.24. The lowest BCUT2D eigenvalue weighted by Gasteiger charge is -2.18. The Morgan fingerprint density at radius 1 is 1.58 bits per heavy atom. The maximum absolute atomic E-state index is 4.80. The monoisotopic (exact) mass is 278 g/mol. The smallest absolute Gasteiger partial charge is 0.195 e. The van der Waals surface area contributed by atoms with Crippen LogP contribution in [0.1, 0.15) is 26.0 Å². The SMILES string of the molecule is CCNCc1c(N(C)CC2CC2C)nc2sccn12. The van der Waals surface area contributed by atoms with Gasteiger partial charge in [0.05, 0.1) is 5.69 Å². The van der Waals surface area contributed by atoms with Crippen LogP contribution in [0.3, 0.4) is 0 Å². The Hall–Kier alpha value is -1.07. The first-order valence-electron chi connectivity index (χ1n) is 7.07. The second-order valence-electron chi connectivity index (χ2n) is 5.57. The molecule has 0 spiro atoms. The molecule has 0 aliphatic heterocycles. The average Bonchev–Trinajstić information content (AvgIpc) is 2.80. The second kappa shape index (κ2) is 5.13. The number of nitrogens with one attached hydrogen (secondary N) is 1. The minimum atomic E-state index is 0.858. The predicted molar refractivity (Wildman–Crippen MR) is 81.0 cm³/mol. The molecule has 4 nitrogen and oxygen atoms in total. The van der Waals surface area contributed by atoms with Crippen molar-refractivity contribution in [1.29, 1.82) is 0 Å². The Labute approximate surface area is 118 Å². The van der Waals surface area contributed by atoms with Gasteiger partial charge in [-0.1, -0.05) is 13.8 Å². The first kappa shape index (κ1) is 12.9. The molecule has 104 valence electrons. The molecular formula is C14H22N4S. The number of thiazole rings is 1. The molecule has 1 aliphatic carbocycles. The van der Waals surface area contributed by atoms with Gasteiger partial charge >= 0.3 is 0 Å². The molecule has 5 heteroatoms. The van der Waals surface area contributed by atoms with Gasteiger partial charge in [-0.05, 0) is 24.8 Å². The topological polar surface area (TPSA) is 32.6 Å². The normalized spacial score (nSPS) is 22.1. The van der Waals surface area contributed by atoms with Crippen LogP contribution in [0.15, 0.2) is 11.6 Å². The van der Waals surface area contributed by atoms with Crippen LogP contribution < -0.4 is 10.2 Å². The van der Waals surface area contributed by atoms with Crippen LogP contribution in [0, 0.1) is 11.8 Å². The number of anilines is 1. The molecule has 0 saturated heterocycles. The average molecular weight is 278 g/mol. The van der Waals surface area contributed by atoms with E-state index < -0.39 is 0 Å². The van der Waals surface area contributed by atoms with Crippen LogP contribution in [-0.4, -0.2) is 29.5 Å². The van der Waals surface area contributed by atoms with Crippen molar-refractivity contribution in [1.82, 2.24) is 14.7 Å². The van der Waals surface area contributed by atoms with E-state index >= 15 is 0 Å². The van der Waals surface area contributed by atoms with E-state index in [0.717, 1.165) is 42.2 Å². The minimum absolute atomic E-state index is 0.858. The third kappa shape index (κ3) is 2.49. The summed E-state index contributed by atoms with van der Waals surface area (Å²) in [5.74, 6) is 2.90. The van der Waals surface area contributed by atoms with E-state index in [2.05, 4.69) is 47.1 Å². The summed E-state index contributed by atoms with van der Waals surface area (Å²) in [7, 11) is 2.17. The van der Waals surface area contributed by atoms with Gasteiger partial charge in [0.25, 0.3) is 0 Å². The highest BCUT2D eigenvalue weighted by atomic mass is 32.1. The van der Waals surface area contributed by atoms with Crippen molar-refractivity contribution >= 4 is 22.1 Å². The van der Waals surface area contributed by atoms with Gasteiger partial charge in [0.1, 0.15) is 0 Å². The van der Waals surface area contributed by atoms with E-state index in [4.69, 9.17) is 4.98 Å². The van der Waals surface area contributed by atoms with Gasteiger partial charge in [0.15, 0.2) is 10.8 Å². The molecule has 0 aromatic carbocycles. The maximum atomic E-state index is 4.80. The largest absolute Gasteiger partial charge is 0.358 e. The van der Waals surface area contributed by atoms with Crippen molar-refractivity contribution in [2.45, 2.75) is 26.8 Å². The van der Waals surface area contributed by atoms with Crippen molar-refractivity contribution in [2.24, 2.45) is 11.8 Å². The quantitative estimate of drug-likeness (QED) is 0.881. The lowest BCUT2D eigenvalue weighted by atomic mass is 10.3. The zero-order chi connectivity index (χ0) is 13.4. The fourth-order valence-electron chi connectivity index (χ4n) is 2.63. The van der Waals surface area contributed by atoms with E-state index in [1.165, 1.54) is 12.1 Å². The number of aromatic nitrogens is 2. The molecule has 19 heavy (non-hydrogen) atoms. The van der Waals surface area contributed by atoms with Gasteiger partial charge in [-0.15, -0.1) is 11.3 Å². The first-order valence-corrected chi connectivity index (χ1v) is 7.95. The van der Waals surface area contributed by atoms with Gasteiger partial charge in [-0.3, -0.25) is 4.40 Å². The van der Waals surface area contributed by atoms with E-state index in [9.17, 15) is 0 Å². The predicted octanol–water partition coefficient (Wildman–Crippen LogP) is 2.60. The van der Waals surface area contributed by atoms with Gasteiger partial charge < -0.3 is 10.2 Å². The highest BCUT2D eigenvalue weighted by Gasteiger charge is 2.34. The molecule has 2 heterocycles. The number of imidazole rings is 1. The Bertz CT molecular complexity index is 559. The lowest BCUT2D eigenvalue weighted by molar-refractivity contribution is 0.689. The number of hydrogen-bond acceptors (Lipinski definition) is 4. The molecule has 1 N–H and O–H groups in total. The van der Waals surface area contributed by atoms with Crippen molar-refractivity contribution in [2.75, 3.05) is 25.0 Å². The molecule has 2 aromatic rings. The summed E-state index contributed by atoms with van der Waals surface area (Å²) in [6.45, 7) is 7.48. The van der Waals surface area contributed by atoms with Crippen LogP contribution in [-0.2, 0) is 6.54 Å². The van der Waals surface area contributed by atoms with Crippen molar-refractivity contribution in [3.05, 3.63) is 17.3 Å². The number of nitrogens with zero attached hydrogens (tertiary/aromatic N) is 3. The second-order valence-corrected chi connectivity index (χ2v) is 6.44. The molecular weight excluding hydrogens is 256 g/mol. The Balaban J connectivity index is 1.85. The highest BCUT2D eigenvalue weighted by molar-refractivity contribution is 7.15. The van der Waals surface area contributed by atoms with Crippen LogP contribution in [0.4, 0.5) is 5.82 Å². The summed E-state index contributed by atoms with van der Waals surface area (Å²) in [5, 5.41) is 5.52. The Morgan fingerprint density at radius 3 is 3.05 bits per heavy atom. The molecule has 1 aliphatic rings. The third-order valence-electron chi connectivity index (χ3n) is 4.03. The molecule has 2 atom stereocenters. The number of fused-ring (bicyclic) bond motifs is 1. The summed E-state index contributed by atoms with van der Waals surface area (Å²) in [5.41, 5.74) is 1.29. The van der Waals surface area contributed by atoms with Gasteiger partial charge in [-0.2, -0.15) is 0 Å². The van der Waals surface area contributed by atoms with E-state index in [0.29, 0.717) is 0 Å². The maximum Gasteiger partial charge on any atom is 0.195 e. The highest BCUT2D eigenvalue weighted by Crippen LogP contribution is 2.39. The molecule has 0 bridgehead atoms. The summed E-state index contributed by atoms with van der Waals surface area (Å²) in [4.78, 5) is 8.23. The van der Waals surface area contributed by atoms with E-state index in [1.54, 1.807) is 11.3 Å². The van der Waals surface area contributed by atoms with Crippen LogP contribution in [0.5, 0.6) is 0 Å². The van der Waals surface area contributed by atoms with Crippen LogP contribution >= 0.6 is 11.3 Å². The van der Waals surface area contributed by atoms with Crippen molar-refractivity contribution in [3.8, 4) is 0 Å². The van der Waals surface area contributed by atoms with Crippen LogP contribution in [0.2, 0.25) is 0 Å². The van der Waals surface area contributed by atoms with Crippen LogP contribution in [0.25, 0.3) is 4.96 Å². The standard InChI is InChI=1S/C14H22N4S/c1-4-15-8-12-13(16-14-18(12)5-6-19-14)17(3)9-11-7-10(11)2/h5-6,10-11,15H,4,7-9H2,1-3H3. The van der Waals surface area contributed by atoms with E-state index in [-0.39, 0.29) is 0 Å².